The molecule has 0 aliphatic carbocycles. The molecule has 0 spiro atoms. The summed E-state index contributed by atoms with van der Waals surface area (Å²) in [6.07, 6.45) is 0. The molecule has 2 rings (SSSR count). The minimum atomic E-state index is -4.25. The number of hydrazine groups is 1. The number of hydrogen-bond acceptors (Lipinski definition) is 4. The largest absolute Gasteiger partial charge is 0.484 e. The van der Waals surface area contributed by atoms with E-state index >= 15 is 0 Å². The number of amides is 1. The molecule has 0 bridgehead atoms. The third-order valence-electron chi connectivity index (χ3n) is 3.03. The smallest absolute Gasteiger partial charge is 0.272 e. The summed E-state index contributed by atoms with van der Waals surface area (Å²) >= 11 is 5.86. The molecule has 0 radical (unpaired) electrons. The van der Waals surface area contributed by atoms with Gasteiger partial charge >= 0.3 is 0 Å². The molecule has 10 heteroatoms. The van der Waals surface area contributed by atoms with Gasteiger partial charge in [0, 0.05) is 5.02 Å². The maximum atomic E-state index is 13.1. The van der Waals surface area contributed by atoms with E-state index in [0.717, 1.165) is 11.6 Å². The molecule has 0 heterocycles. The zero-order valence-electron chi connectivity index (χ0n) is 12.8. The second kappa shape index (κ2) is 7.77. The molecule has 2 N–H and O–H groups in total. The highest BCUT2D eigenvalue weighted by molar-refractivity contribution is 7.89. The minimum Gasteiger partial charge on any atom is -0.484 e. The Hall–Kier alpha value is -2.23. The average molecular weight is 391 g/mol. The minimum absolute atomic E-state index is 0.375. The Bertz CT molecular complexity index is 906. The maximum absolute atomic E-state index is 13.1. The van der Waals surface area contributed by atoms with Crippen LogP contribution in [0.4, 0.5) is 8.78 Å². The molecule has 2 aromatic rings. The van der Waals surface area contributed by atoms with Crippen molar-refractivity contribution in [2.45, 2.75) is 11.8 Å². The Kier molecular flexibility index (Phi) is 5.93. The summed E-state index contributed by atoms with van der Waals surface area (Å²) in [5.41, 5.74) is 2.66. The fraction of sp³-hybridized carbons (Fsp3) is 0.133. The Morgan fingerprint density at radius 3 is 2.52 bits per heavy atom. The van der Waals surface area contributed by atoms with Gasteiger partial charge in [-0.25, -0.2) is 17.2 Å². The Morgan fingerprint density at radius 2 is 1.88 bits per heavy atom. The van der Waals surface area contributed by atoms with E-state index in [2.05, 4.69) is 0 Å². The van der Waals surface area contributed by atoms with Crippen LogP contribution in [0.3, 0.4) is 0 Å². The van der Waals surface area contributed by atoms with E-state index in [9.17, 15) is 22.0 Å². The molecule has 0 unspecified atom stereocenters. The Morgan fingerprint density at radius 1 is 1.16 bits per heavy atom. The predicted molar refractivity (Wildman–Crippen MR) is 86.5 cm³/mol. The summed E-state index contributed by atoms with van der Waals surface area (Å²) in [6, 6.07) is 6.78. The van der Waals surface area contributed by atoms with Gasteiger partial charge in [0.05, 0.1) is 4.90 Å². The lowest BCUT2D eigenvalue weighted by Crippen LogP contribution is -2.43. The molecule has 0 aromatic heterocycles. The predicted octanol–water partition coefficient (Wildman–Crippen LogP) is 2.32. The topological polar surface area (TPSA) is 84.5 Å². The number of carbonyl (C=O) groups excluding carboxylic acids is 1. The third kappa shape index (κ3) is 5.12. The number of carbonyl (C=O) groups is 1. The van der Waals surface area contributed by atoms with E-state index in [-0.39, 0.29) is 0 Å². The molecular weight excluding hydrogens is 378 g/mol. The van der Waals surface area contributed by atoms with Crippen molar-refractivity contribution in [3.8, 4) is 5.75 Å². The summed E-state index contributed by atoms with van der Waals surface area (Å²) in [6.45, 7) is 1.28. The van der Waals surface area contributed by atoms with Crippen molar-refractivity contribution in [1.29, 1.82) is 0 Å². The van der Waals surface area contributed by atoms with E-state index in [1.165, 1.54) is 0 Å². The van der Waals surface area contributed by atoms with Crippen LogP contribution in [0.5, 0.6) is 5.75 Å². The van der Waals surface area contributed by atoms with Gasteiger partial charge < -0.3 is 4.74 Å². The highest BCUT2D eigenvalue weighted by atomic mass is 35.5. The van der Waals surface area contributed by atoms with Crippen molar-refractivity contribution in [2.75, 3.05) is 6.61 Å². The first-order valence-electron chi connectivity index (χ1n) is 6.84. The number of nitrogens with one attached hydrogen (secondary N) is 2. The quantitative estimate of drug-likeness (QED) is 0.741. The summed E-state index contributed by atoms with van der Waals surface area (Å²) in [7, 11) is -4.25. The van der Waals surface area contributed by atoms with Gasteiger partial charge in [0.2, 0.25) is 0 Å². The van der Waals surface area contributed by atoms with E-state index in [4.69, 9.17) is 16.3 Å². The van der Waals surface area contributed by atoms with Crippen molar-refractivity contribution in [3.05, 3.63) is 58.6 Å². The number of halogens is 3. The molecule has 6 nitrogen and oxygen atoms in total. The first kappa shape index (κ1) is 19.1. The van der Waals surface area contributed by atoms with E-state index in [1.807, 2.05) is 5.43 Å². The highest BCUT2D eigenvalue weighted by Gasteiger charge is 2.17. The molecular formula is C15H13ClF2N2O4S. The Labute approximate surface area is 147 Å². The van der Waals surface area contributed by atoms with Crippen molar-refractivity contribution in [2.24, 2.45) is 0 Å². The number of hydrogen-bond donors (Lipinski definition) is 2. The fourth-order valence-corrected chi connectivity index (χ4v) is 2.71. The maximum Gasteiger partial charge on any atom is 0.272 e. The standard InChI is InChI=1S/C15H13ClF2N2O4S/c1-9-6-10(2-4-12(9)16)24-8-15(21)19-20-25(22,23)11-3-5-13(17)14(18)7-11/h2-7,20H,8H2,1H3,(H,19,21). The van der Waals surface area contributed by atoms with E-state index in [0.29, 0.717) is 22.9 Å². The summed E-state index contributed by atoms with van der Waals surface area (Å²) in [4.78, 5) is 12.9. The summed E-state index contributed by atoms with van der Waals surface area (Å²) < 4.78 is 54.9. The first-order valence-corrected chi connectivity index (χ1v) is 8.70. The van der Waals surface area contributed by atoms with Gasteiger partial charge in [0.1, 0.15) is 5.75 Å². The van der Waals surface area contributed by atoms with Gasteiger partial charge in [-0.05, 0) is 48.9 Å². The van der Waals surface area contributed by atoms with Crippen LogP contribution in [0.1, 0.15) is 5.56 Å². The number of sulfonamides is 1. The zero-order chi connectivity index (χ0) is 18.6. The zero-order valence-corrected chi connectivity index (χ0v) is 14.4. The van der Waals surface area contributed by atoms with Gasteiger partial charge in [0.15, 0.2) is 18.2 Å². The van der Waals surface area contributed by atoms with Crippen molar-refractivity contribution < 1.29 is 26.7 Å². The molecule has 134 valence electrons. The molecule has 0 aliphatic heterocycles. The van der Waals surface area contributed by atoms with E-state index < -0.39 is 39.1 Å². The SMILES string of the molecule is Cc1cc(OCC(=O)NNS(=O)(=O)c2ccc(F)c(F)c2)ccc1Cl. The number of ether oxygens (including phenoxy) is 1. The molecule has 0 atom stereocenters. The molecule has 2 aromatic carbocycles. The van der Waals surface area contributed by atoms with Gasteiger partial charge in [-0.1, -0.05) is 11.6 Å². The second-order valence-corrected chi connectivity index (χ2v) is 7.02. The van der Waals surface area contributed by atoms with Crippen LogP contribution in [0.15, 0.2) is 41.3 Å². The van der Waals surface area contributed by atoms with Crippen LogP contribution in [-0.4, -0.2) is 20.9 Å². The average Bonchev–Trinajstić information content (AvgIpc) is 2.56. The molecule has 0 fully saturated rings. The van der Waals surface area contributed by atoms with Crippen LogP contribution in [0, 0.1) is 18.6 Å². The highest BCUT2D eigenvalue weighted by Crippen LogP contribution is 2.20. The number of rotatable bonds is 6. The van der Waals surface area contributed by atoms with Crippen LogP contribution >= 0.6 is 11.6 Å². The lowest BCUT2D eigenvalue weighted by molar-refractivity contribution is -0.123. The lowest BCUT2D eigenvalue weighted by atomic mass is 10.2. The second-order valence-electron chi connectivity index (χ2n) is 4.93. The normalized spacial score (nSPS) is 11.2. The summed E-state index contributed by atoms with van der Waals surface area (Å²) in [5, 5.41) is 0.538. The van der Waals surface area contributed by atoms with Crippen molar-refractivity contribution >= 4 is 27.5 Å². The van der Waals surface area contributed by atoms with Crippen LogP contribution < -0.4 is 15.0 Å². The number of aryl methyl sites for hydroxylation is 1. The molecule has 0 aliphatic rings. The first-order chi connectivity index (χ1) is 11.7. The van der Waals surface area contributed by atoms with Crippen LogP contribution in [0.25, 0.3) is 0 Å². The van der Waals surface area contributed by atoms with Gasteiger partial charge in [0.25, 0.3) is 15.9 Å². The lowest BCUT2D eigenvalue weighted by Gasteiger charge is -2.10. The van der Waals surface area contributed by atoms with Crippen LogP contribution in [0.2, 0.25) is 5.02 Å². The van der Waals surface area contributed by atoms with Crippen LogP contribution in [-0.2, 0) is 14.8 Å². The van der Waals surface area contributed by atoms with Crippen molar-refractivity contribution in [1.82, 2.24) is 10.3 Å². The molecule has 25 heavy (non-hydrogen) atoms. The van der Waals surface area contributed by atoms with Crippen molar-refractivity contribution in [3.63, 3.8) is 0 Å². The Balaban J connectivity index is 1.92. The molecule has 0 saturated heterocycles. The van der Waals surface area contributed by atoms with E-state index in [1.54, 1.807) is 30.0 Å². The number of benzene rings is 2. The third-order valence-corrected chi connectivity index (χ3v) is 4.69. The van der Waals surface area contributed by atoms with Gasteiger partial charge in [-0.15, -0.1) is 4.83 Å². The monoisotopic (exact) mass is 390 g/mol. The fourth-order valence-electron chi connectivity index (χ4n) is 1.72. The molecule has 1 amide bonds. The van der Waals surface area contributed by atoms with Gasteiger partial charge in [-0.3, -0.25) is 10.2 Å². The summed E-state index contributed by atoms with van der Waals surface area (Å²) in [5.74, 6) is -2.93. The van der Waals surface area contributed by atoms with Gasteiger partial charge in [-0.2, -0.15) is 0 Å². The molecule has 0 saturated carbocycles.